The van der Waals surface area contributed by atoms with E-state index in [1.807, 2.05) is 0 Å². The molecule has 0 fully saturated rings. The van der Waals surface area contributed by atoms with Crippen LogP contribution in [-0.4, -0.2) is 26.0 Å². The lowest BCUT2D eigenvalue weighted by molar-refractivity contribution is -0.119. The summed E-state index contributed by atoms with van der Waals surface area (Å²) in [5, 5.41) is 2.25. The molecule has 0 aromatic heterocycles. The van der Waals surface area contributed by atoms with Crippen LogP contribution in [0.3, 0.4) is 0 Å². The number of nitrogens with one attached hydrogen (secondary N) is 1. The molecule has 1 aliphatic heterocycles. The summed E-state index contributed by atoms with van der Waals surface area (Å²) in [6.07, 6.45) is 0.126. The fourth-order valence-electron chi connectivity index (χ4n) is 1.79. The summed E-state index contributed by atoms with van der Waals surface area (Å²) in [6.45, 7) is 0. The Kier molecular flexibility index (Phi) is 2.52. The summed E-state index contributed by atoms with van der Waals surface area (Å²) in [4.78, 5) is 23.0. The Morgan fingerprint density at radius 3 is 2.38 bits per heavy atom. The Morgan fingerprint density at radius 2 is 1.75 bits per heavy atom. The van der Waals surface area contributed by atoms with Crippen LogP contribution < -0.4 is 14.8 Å². The smallest absolute Gasteiger partial charge is 0.262 e. The van der Waals surface area contributed by atoms with Crippen molar-refractivity contribution in [3.63, 3.8) is 0 Å². The zero-order valence-electron chi connectivity index (χ0n) is 8.99. The van der Waals surface area contributed by atoms with Crippen molar-refractivity contribution >= 4 is 11.8 Å². The second-order valence-corrected chi connectivity index (χ2v) is 3.38. The van der Waals surface area contributed by atoms with Gasteiger partial charge in [0, 0.05) is 5.56 Å². The zero-order valence-corrected chi connectivity index (χ0v) is 8.99. The molecule has 5 nitrogen and oxygen atoms in total. The molecule has 2 amide bonds. The summed E-state index contributed by atoms with van der Waals surface area (Å²) in [5.41, 5.74) is 0.956. The molecule has 1 heterocycles. The summed E-state index contributed by atoms with van der Waals surface area (Å²) in [6, 6.07) is 3.33. The van der Waals surface area contributed by atoms with Crippen molar-refractivity contribution in [3.8, 4) is 11.5 Å². The monoisotopic (exact) mass is 221 g/mol. The van der Waals surface area contributed by atoms with Crippen molar-refractivity contribution in [3.05, 3.63) is 23.3 Å². The molecule has 16 heavy (non-hydrogen) atoms. The van der Waals surface area contributed by atoms with Crippen LogP contribution in [0.2, 0.25) is 0 Å². The number of imide groups is 1. The Hall–Kier alpha value is -2.04. The van der Waals surface area contributed by atoms with Gasteiger partial charge >= 0.3 is 0 Å². The minimum absolute atomic E-state index is 0.126. The number of hydrogen-bond acceptors (Lipinski definition) is 4. The van der Waals surface area contributed by atoms with E-state index in [1.165, 1.54) is 14.2 Å². The summed E-state index contributed by atoms with van der Waals surface area (Å²) < 4.78 is 10.2. The third kappa shape index (κ3) is 1.50. The van der Waals surface area contributed by atoms with E-state index in [-0.39, 0.29) is 12.3 Å². The van der Waals surface area contributed by atoms with E-state index in [2.05, 4.69) is 5.32 Å². The SMILES string of the molecule is COc1ccc(OC)c2c1CC(=O)NC2=O. The molecule has 0 unspecified atom stereocenters. The molecular weight excluding hydrogens is 210 g/mol. The molecule has 0 spiro atoms. The van der Waals surface area contributed by atoms with Crippen molar-refractivity contribution in [1.82, 2.24) is 5.32 Å². The van der Waals surface area contributed by atoms with Crippen LogP contribution in [0, 0.1) is 0 Å². The highest BCUT2D eigenvalue weighted by atomic mass is 16.5. The minimum Gasteiger partial charge on any atom is -0.496 e. The molecule has 1 aromatic rings. The van der Waals surface area contributed by atoms with Crippen molar-refractivity contribution in [2.24, 2.45) is 0 Å². The molecule has 2 rings (SSSR count). The maximum Gasteiger partial charge on any atom is 0.262 e. The first-order valence-corrected chi connectivity index (χ1v) is 4.75. The number of carbonyl (C=O) groups is 2. The van der Waals surface area contributed by atoms with Gasteiger partial charge in [-0.25, -0.2) is 0 Å². The van der Waals surface area contributed by atoms with Gasteiger partial charge in [0.2, 0.25) is 5.91 Å². The van der Waals surface area contributed by atoms with E-state index in [1.54, 1.807) is 12.1 Å². The van der Waals surface area contributed by atoms with Gasteiger partial charge in [-0.15, -0.1) is 0 Å². The average Bonchev–Trinajstić information content (AvgIpc) is 2.27. The summed E-state index contributed by atoms with van der Waals surface area (Å²) >= 11 is 0. The maximum atomic E-state index is 11.7. The lowest BCUT2D eigenvalue weighted by Gasteiger charge is -2.20. The summed E-state index contributed by atoms with van der Waals surface area (Å²) in [7, 11) is 2.98. The van der Waals surface area contributed by atoms with Crippen molar-refractivity contribution < 1.29 is 19.1 Å². The van der Waals surface area contributed by atoms with Crippen LogP contribution in [-0.2, 0) is 11.2 Å². The van der Waals surface area contributed by atoms with Crippen LogP contribution in [0.4, 0.5) is 0 Å². The van der Waals surface area contributed by atoms with E-state index < -0.39 is 5.91 Å². The first kappa shape index (κ1) is 10.5. The van der Waals surface area contributed by atoms with Gasteiger partial charge in [-0.2, -0.15) is 0 Å². The van der Waals surface area contributed by atoms with Gasteiger partial charge in [0.05, 0.1) is 26.2 Å². The second kappa shape index (κ2) is 3.84. The predicted octanol–water partition coefficient (Wildman–Crippen LogP) is 0.516. The largest absolute Gasteiger partial charge is 0.496 e. The first-order chi connectivity index (χ1) is 7.67. The fraction of sp³-hybridized carbons (Fsp3) is 0.273. The van der Waals surface area contributed by atoms with Gasteiger partial charge in [0.1, 0.15) is 11.5 Å². The molecule has 0 saturated heterocycles. The molecule has 0 atom stereocenters. The Labute approximate surface area is 92.4 Å². The van der Waals surface area contributed by atoms with Gasteiger partial charge in [0.25, 0.3) is 5.91 Å². The highest BCUT2D eigenvalue weighted by Crippen LogP contribution is 2.32. The average molecular weight is 221 g/mol. The third-order valence-corrected chi connectivity index (χ3v) is 2.49. The van der Waals surface area contributed by atoms with E-state index in [9.17, 15) is 9.59 Å². The molecular formula is C11H11NO4. The van der Waals surface area contributed by atoms with E-state index in [0.29, 0.717) is 22.6 Å². The van der Waals surface area contributed by atoms with Gasteiger partial charge in [-0.3, -0.25) is 14.9 Å². The topological polar surface area (TPSA) is 64.6 Å². The molecule has 0 aliphatic carbocycles. The number of fused-ring (bicyclic) bond motifs is 1. The number of hydrogen-bond donors (Lipinski definition) is 1. The van der Waals surface area contributed by atoms with Crippen LogP contribution in [0.25, 0.3) is 0 Å². The molecule has 1 aromatic carbocycles. The lowest BCUT2D eigenvalue weighted by atomic mass is 9.98. The van der Waals surface area contributed by atoms with E-state index >= 15 is 0 Å². The number of methoxy groups -OCH3 is 2. The summed E-state index contributed by atoms with van der Waals surface area (Å²) in [5.74, 6) is 0.200. The Balaban J connectivity index is 2.65. The third-order valence-electron chi connectivity index (χ3n) is 2.49. The fourth-order valence-corrected chi connectivity index (χ4v) is 1.79. The molecule has 1 aliphatic rings. The number of ether oxygens (including phenoxy) is 2. The van der Waals surface area contributed by atoms with Gasteiger partial charge in [-0.1, -0.05) is 0 Å². The Bertz CT molecular complexity index is 467. The van der Waals surface area contributed by atoms with Crippen LogP contribution in [0.1, 0.15) is 15.9 Å². The standard InChI is InChI=1S/C11H11NO4/c1-15-7-3-4-8(16-2)10-6(7)5-9(13)12-11(10)14/h3-4H,5H2,1-2H3,(H,12,13,14). The molecule has 0 saturated carbocycles. The van der Waals surface area contributed by atoms with Gasteiger partial charge in [0.15, 0.2) is 0 Å². The lowest BCUT2D eigenvalue weighted by Crippen LogP contribution is -2.37. The predicted molar refractivity (Wildman–Crippen MR) is 55.7 cm³/mol. The molecule has 84 valence electrons. The maximum absolute atomic E-state index is 11.7. The van der Waals surface area contributed by atoms with Crippen molar-refractivity contribution in [2.75, 3.05) is 14.2 Å². The van der Waals surface area contributed by atoms with E-state index in [0.717, 1.165) is 0 Å². The van der Waals surface area contributed by atoms with Gasteiger partial charge in [-0.05, 0) is 12.1 Å². The van der Waals surface area contributed by atoms with Crippen LogP contribution >= 0.6 is 0 Å². The van der Waals surface area contributed by atoms with Crippen molar-refractivity contribution in [1.29, 1.82) is 0 Å². The quantitative estimate of drug-likeness (QED) is 0.739. The molecule has 1 N–H and O–H groups in total. The van der Waals surface area contributed by atoms with Crippen LogP contribution in [0.5, 0.6) is 11.5 Å². The number of amides is 2. The van der Waals surface area contributed by atoms with Crippen LogP contribution in [0.15, 0.2) is 12.1 Å². The Morgan fingerprint density at radius 1 is 1.12 bits per heavy atom. The molecule has 0 bridgehead atoms. The first-order valence-electron chi connectivity index (χ1n) is 4.75. The molecule has 0 radical (unpaired) electrons. The number of carbonyl (C=O) groups excluding carboxylic acids is 2. The van der Waals surface area contributed by atoms with Crippen molar-refractivity contribution in [2.45, 2.75) is 6.42 Å². The van der Waals surface area contributed by atoms with E-state index in [4.69, 9.17) is 9.47 Å². The highest BCUT2D eigenvalue weighted by molar-refractivity contribution is 6.11. The molecule has 5 heteroatoms. The number of rotatable bonds is 2. The number of benzene rings is 1. The minimum atomic E-state index is -0.443. The zero-order chi connectivity index (χ0) is 11.7. The van der Waals surface area contributed by atoms with Gasteiger partial charge < -0.3 is 9.47 Å². The second-order valence-electron chi connectivity index (χ2n) is 3.38. The highest BCUT2D eigenvalue weighted by Gasteiger charge is 2.28. The normalized spacial score (nSPS) is 14.1.